The molecule has 1 spiro atoms. The molecule has 2 fully saturated rings. The fourth-order valence-corrected chi connectivity index (χ4v) is 4.52. The lowest BCUT2D eigenvalue weighted by Crippen LogP contribution is -2.39. The Bertz CT molecular complexity index is 432. The van der Waals surface area contributed by atoms with Crippen LogP contribution in [0.2, 0.25) is 0 Å². The van der Waals surface area contributed by atoms with Crippen molar-refractivity contribution in [2.75, 3.05) is 6.61 Å². The number of Topliss-reactive ketones (excluding diaryl/α,β-unsaturated/α-hetero) is 1. The van der Waals surface area contributed by atoms with Crippen LogP contribution in [0.3, 0.4) is 0 Å². The van der Waals surface area contributed by atoms with Gasteiger partial charge in [0.2, 0.25) is 0 Å². The third-order valence-corrected chi connectivity index (χ3v) is 5.83. The summed E-state index contributed by atoms with van der Waals surface area (Å²) in [6, 6.07) is 4.25. The lowest BCUT2D eigenvalue weighted by molar-refractivity contribution is -0.136. The number of thiophene rings is 1. The molecule has 1 unspecified atom stereocenters. The molecule has 0 amide bonds. The van der Waals surface area contributed by atoms with E-state index in [1.807, 2.05) is 0 Å². The molecular formula is C17H24O2S. The molecule has 2 heterocycles. The van der Waals surface area contributed by atoms with Crippen molar-refractivity contribution in [3.63, 3.8) is 0 Å². The number of rotatable bonds is 5. The van der Waals surface area contributed by atoms with Crippen LogP contribution in [-0.2, 0) is 16.0 Å². The molecular weight excluding hydrogens is 268 g/mol. The van der Waals surface area contributed by atoms with Crippen LogP contribution in [0, 0.1) is 5.92 Å². The van der Waals surface area contributed by atoms with Crippen LogP contribution in [0.5, 0.6) is 0 Å². The van der Waals surface area contributed by atoms with Crippen LogP contribution < -0.4 is 0 Å². The van der Waals surface area contributed by atoms with Gasteiger partial charge in [0.15, 0.2) is 0 Å². The molecule has 110 valence electrons. The maximum absolute atomic E-state index is 12.4. The summed E-state index contributed by atoms with van der Waals surface area (Å²) in [5, 5.41) is 2.11. The summed E-state index contributed by atoms with van der Waals surface area (Å²) in [6.45, 7) is 0.793. The second-order valence-corrected chi connectivity index (χ2v) is 7.36. The summed E-state index contributed by atoms with van der Waals surface area (Å²) in [6.07, 6.45) is 9.64. The van der Waals surface area contributed by atoms with Crippen LogP contribution in [0.25, 0.3) is 0 Å². The molecule has 1 aromatic rings. The van der Waals surface area contributed by atoms with E-state index in [0.29, 0.717) is 5.78 Å². The van der Waals surface area contributed by atoms with Crippen LogP contribution in [0.4, 0.5) is 0 Å². The molecule has 2 nitrogen and oxygen atoms in total. The fourth-order valence-electron chi connectivity index (χ4n) is 3.77. The van der Waals surface area contributed by atoms with E-state index in [9.17, 15) is 4.79 Å². The van der Waals surface area contributed by atoms with E-state index in [0.717, 1.165) is 38.7 Å². The van der Waals surface area contributed by atoms with Gasteiger partial charge in [-0.15, -0.1) is 11.3 Å². The maximum Gasteiger partial charge on any atom is 0.136 e. The van der Waals surface area contributed by atoms with Crippen molar-refractivity contribution in [3.8, 4) is 0 Å². The second kappa shape index (κ2) is 6.40. The third kappa shape index (κ3) is 3.32. The first kappa shape index (κ1) is 14.3. The lowest BCUT2D eigenvalue weighted by Gasteiger charge is -2.37. The number of carbonyl (C=O) groups is 1. The van der Waals surface area contributed by atoms with E-state index in [2.05, 4.69) is 17.5 Å². The zero-order valence-electron chi connectivity index (χ0n) is 12.1. The highest BCUT2D eigenvalue weighted by atomic mass is 32.1. The molecule has 1 atom stereocenters. The van der Waals surface area contributed by atoms with Crippen LogP contribution in [0.15, 0.2) is 17.5 Å². The summed E-state index contributed by atoms with van der Waals surface area (Å²) in [5.74, 6) is 0.751. The highest BCUT2D eigenvalue weighted by Gasteiger charge is 2.41. The van der Waals surface area contributed by atoms with E-state index in [-0.39, 0.29) is 11.5 Å². The molecule has 0 aromatic carbocycles. The first-order valence-electron chi connectivity index (χ1n) is 7.97. The zero-order valence-corrected chi connectivity index (χ0v) is 12.9. The Morgan fingerprint density at radius 2 is 2.25 bits per heavy atom. The zero-order chi connectivity index (χ0) is 13.8. The Kier molecular flexibility index (Phi) is 4.57. The van der Waals surface area contributed by atoms with Gasteiger partial charge in [-0.1, -0.05) is 18.9 Å². The van der Waals surface area contributed by atoms with Crippen molar-refractivity contribution >= 4 is 17.1 Å². The Morgan fingerprint density at radius 1 is 1.40 bits per heavy atom. The average molecular weight is 292 g/mol. The van der Waals surface area contributed by atoms with Crippen molar-refractivity contribution in [2.45, 2.75) is 63.4 Å². The molecule has 1 aromatic heterocycles. The first-order valence-corrected chi connectivity index (χ1v) is 8.84. The van der Waals surface area contributed by atoms with Crippen molar-refractivity contribution in [2.24, 2.45) is 5.92 Å². The smallest absolute Gasteiger partial charge is 0.136 e. The fraction of sp³-hybridized carbons (Fsp3) is 0.706. The first-order chi connectivity index (χ1) is 9.77. The molecule has 1 aliphatic carbocycles. The number of ether oxygens (including phenoxy) is 1. The minimum atomic E-state index is 0.0757. The van der Waals surface area contributed by atoms with Gasteiger partial charge in [-0.2, -0.15) is 0 Å². The molecule has 3 heteroatoms. The van der Waals surface area contributed by atoms with Gasteiger partial charge in [-0.05, 0) is 50.0 Å². The Hall–Kier alpha value is -0.670. The highest BCUT2D eigenvalue weighted by molar-refractivity contribution is 7.09. The number of aryl methyl sites for hydroxylation is 1. The number of ketones is 1. The molecule has 0 N–H and O–H groups in total. The Labute approximate surface area is 125 Å². The van der Waals surface area contributed by atoms with Crippen LogP contribution in [-0.4, -0.2) is 18.0 Å². The van der Waals surface area contributed by atoms with E-state index < -0.39 is 0 Å². The van der Waals surface area contributed by atoms with Crippen molar-refractivity contribution < 1.29 is 9.53 Å². The number of hydrogen-bond donors (Lipinski definition) is 0. The monoisotopic (exact) mass is 292 g/mol. The molecule has 2 aliphatic rings. The molecule has 3 rings (SSSR count). The van der Waals surface area contributed by atoms with Gasteiger partial charge in [0.1, 0.15) is 5.78 Å². The summed E-state index contributed by atoms with van der Waals surface area (Å²) in [7, 11) is 0. The van der Waals surface area contributed by atoms with Gasteiger partial charge in [-0.3, -0.25) is 4.79 Å². The molecule has 0 bridgehead atoms. The third-order valence-electron chi connectivity index (χ3n) is 4.89. The molecule has 0 radical (unpaired) electrons. The average Bonchev–Trinajstić information content (AvgIpc) is 3.11. The predicted molar refractivity (Wildman–Crippen MR) is 82.1 cm³/mol. The number of carbonyl (C=O) groups excluding carboxylic acids is 1. The Balaban J connectivity index is 1.47. The van der Waals surface area contributed by atoms with E-state index >= 15 is 0 Å². The standard InChI is InChI=1S/C17H24O2S/c18-16(7-3-5-15-6-4-12-20-15)14-8-11-19-17(13-14)9-1-2-10-17/h4,6,12,14H,1-3,5,7-11,13H2. The van der Waals surface area contributed by atoms with Gasteiger partial charge in [0.05, 0.1) is 5.60 Å². The summed E-state index contributed by atoms with van der Waals surface area (Å²) in [5.41, 5.74) is 0.0757. The SMILES string of the molecule is O=C(CCCc1cccs1)C1CCOC2(CCCC2)C1. The molecule has 1 aliphatic heterocycles. The Morgan fingerprint density at radius 3 is 3.00 bits per heavy atom. The minimum Gasteiger partial charge on any atom is -0.375 e. The van der Waals surface area contributed by atoms with Crippen LogP contribution >= 0.6 is 11.3 Å². The van der Waals surface area contributed by atoms with Gasteiger partial charge < -0.3 is 4.74 Å². The van der Waals surface area contributed by atoms with Gasteiger partial charge >= 0.3 is 0 Å². The minimum absolute atomic E-state index is 0.0757. The summed E-state index contributed by atoms with van der Waals surface area (Å²) in [4.78, 5) is 13.8. The normalized spacial score (nSPS) is 25.1. The number of hydrogen-bond acceptors (Lipinski definition) is 3. The quantitative estimate of drug-likeness (QED) is 0.805. The van der Waals surface area contributed by atoms with Crippen molar-refractivity contribution in [1.29, 1.82) is 0 Å². The lowest BCUT2D eigenvalue weighted by atomic mass is 9.81. The topological polar surface area (TPSA) is 26.3 Å². The second-order valence-electron chi connectivity index (χ2n) is 6.33. The summed E-state index contributed by atoms with van der Waals surface area (Å²) < 4.78 is 6.02. The van der Waals surface area contributed by atoms with Gasteiger partial charge in [0, 0.05) is 23.8 Å². The van der Waals surface area contributed by atoms with Crippen LogP contribution in [0.1, 0.15) is 56.2 Å². The molecule has 20 heavy (non-hydrogen) atoms. The van der Waals surface area contributed by atoms with Gasteiger partial charge in [0.25, 0.3) is 0 Å². The predicted octanol–water partition coefficient (Wildman–Crippen LogP) is 4.38. The highest BCUT2D eigenvalue weighted by Crippen LogP contribution is 2.42. The van der Waals surface area contributed by atoms with E-state index in [4.69, 9.17) is 4.74 Å². The molecule has 1 saturated carbocycles. The molecule has 1 saturated heterocycles. The summed E-state index contributed by atoms with van der Waals surface area (Å²) >= 11 is 1.79. The van der Waals surface area contributed by atoms with E-state index in [1.54, 1.807) is 11.3 Å². The maximum atomic E-state index is 12.4. The van der Waals surface area contributed by atoms with E-state index in [1.165, 1.54) is 30.6 Å². The largest absolute Gasteiger partial charge is 0.375 e. The van der Waals surface area contributed by atoms with Crippen molar-refractivity contribution in [1.82, 2.24) is 0 Å². The van der Waals surface area contributed by atoms with Crippen molar-refractivity contribution in [3.05, 3.63) is 22.4 Å². The van der Waals surface area contributed by atoms with Gasteiger partial charge in [-0.25, -0.2) is 0 Å².